The van der Waals surface area contributed by atoms with Crippen molar-refractivity contribution in [1.82, 2.24) is 4.98 Å². The van der Waals surface area contributed by atoms with Gasteiger partial charge in [-0.2, -0.15) is 0 Å². The Bertz CT molecular complexity index is 1010. The largest absolute Gasteiger partial charge is 0.451 e. The number of ether oxygens (including phenoxy) is 2. The molecule has 0 aliphatic rings. The number of aromatic amines is 1. The Balaban J connectivity index is 1.74. The smallest absolute Gasteiger partial charge is 0.241 e. The molecule has 1 aromatic heterocycles. The summed E-state index contributed by atoms with van der Waals surface area (Å²) in [6.45, 7) is 0. The summed E-state index contributed by atoms with van der Waals surface area (Å²) >= 11 is 6.87. The molecule has 1 heterocycles. The number of hydrogen-bond donors (Lipinski definition) is 1. The molecule has 0 saturated heterocycles. The van der Waals surface area contributed by atoms with Crippen LogP contribution >= 0.6 is 31.9 Å². The summed E-state index contributed by atoms with van der Waals surface area (Å²) in [5.74, 6) is 2.72. The lowest BCUT2D eigenvalue weighted by molar-refractivity contribution is 0.414. The lowest BCUT2D eigenvalue weighted by atomic mass is 10.2. The van der Waals surface area contributed by atoms with Crippen LogP contribution in [-0.4, -0.2) is 4.98 Å². The highest BCUT2D eigenvalue weighted by Gasteiger charge is 2.16. The van der Waals surface area contributed by atoms with Crippen molar-refractivity contribution in [2.45, 2.75) is 0 Å². The molecule has 0 radical (unpaired) electrons. The van der Waals surface area contributed by atoms with Gasteiger partial charge in [0, 0.05) is 14.3 Å². The van der Waals surface area contributed by atoms with E-state index in [1.807, 2.05) is 72.8 Å². The van der Waals surface area contributed by atoms with Crippen LogP contribution in [-0.2, 0) is 0 Å². The lowest BCUT2D eigenvalue weighted by Crippen LogP contribution is -1.89. The first-order valence-corrected chi connectivity index (χ1v) is 9.25. The molecule has 0 bridgehead atoms. The molecular formula is C20H13Br2NO2. The van der Waals surface area contributed by atoms with Crippen molar-refractivity contribution in [3.8, 4) is 23.1 Å². The molecule has 4 aromatic rings. The van der Waals surface area contributed by atoms with Gasteiger partial charge in [-0.05, 0) is 60.7 Å². The molecule has 0 amide bonds. The predicted molar refractivity (Wildman–Crippen MR) is 107 cm³/mol. The van der Waals surface area contributed by atoms with E-state index in [1.165, 1.54) is 0 Å². The Morgan fingerprint density at radius 1 is 0.640 bits per heavy atom. The standard InChI is InChI=1S/C20H13Br2NO2/c21-13-5-9-15(10-6-13)24-19-17-3-1-2-4-18(17)23-20(19)25-16-11-7-14(22)8-12-16/h1-12,23H. The molecular weight excluding hydrogens is 446 g/mol. The van der Waals surface area contributed by atoms with Crippen molar-refractivity contribution < 1.29 is 9.47 Å². The highest BCUT2D eigenvalue weighted by Crippen LogP contribution is 2.41. The molecule has 0 spiro atoms. The van der Waals surface area contributed by atoms with Crippen LogP contribution in [0.4, 0.5) is 0 Å². The number of aromatic nitrogens is 1. The molecule has 3 aromatic carbocycles. The Kier molecular flexibility index (Phi) is 4.51. The number of halogens is 2. The minimum absolute atomic E-state index is 0.575. The van der Waals surface area contributed by atoms with E-state index in [1.54, 1.807) is 0 Å². The lowest BCUT2D eigenvalue weighted by Gasteiger charge is -2.09. The first-order chi connectivity index (χ1) is 12.2. The van der Waals surface area contributed by atoms with Crippen molar-refractivity contribution in [2.75, 3.05) is 0 Å². The average molecular weight is 459 g/mol. The monoisotopic (exact) mass is 457 g/mol. The molecule has 25 heavy (non-hydrogen) atoms. The Morgan fingerprint density at radius 2 is 1.20 bits per heavy atom. The van der Waals surface area contributed by atoms with Crippen molar-refractivity contribution in [2.24, 2.45) is 0 Å². The van der Waals surface area contributed by atoms with Gasteiger partial charge in [0.2, 0.25) is 5.88 Å². The van der Waals surface area contributed by atoms with Gasteiger partial charge in [0.15, 0.2) is 5.75 Å². The number of H-pyrrole nitrogens is 1. The fourth-order valence-electron chi connectivity index (χ4n) is 2.51. The van der Waals surface area contributed by atoms with E-state index in [2.05, 4.69) is 36.8 Å². The number of fused-ring (bicyclic) bond motifs is 1. The van der Waals surface area contributed by atoms with E-state index >= 15 is 0 Å². The van der Waals surface area contributed by atoms with Gasteiger partial charge in [-0.15, -0.1) is 0 Å². The van der Waals surface area contributed by atoms with Gasteiger partial charge >= 0.3 is 0 Å². The highest BCUT2D eigenvalue weighted by atomic mass is 79.9. The summed E-state index contributed by atoms with van der Waals surface area (Å²) in [5.41, 5.74) is 0.960. The van der Waals surface area contributed by atoms with Crippen molar-refractivity contribution in [3.63, 3.8) is 0 Å². The van der Waals surface area contributed by atoms with Crippen LogP contribution in [0.1, 0.15) is 0 Å². The Labute approximate surface area is 161 Å². The SMILES string of the molecule is Brc1ccc(Oc2[nH]c3ccccc3c2Oc2ccc(Br)cc2)cc1. The van der Waals surface area contributed by atoms with Crippen LogP contribution < -0.4 is 9.47 Å². The summed E-state index contributed by atoms with van der Waals surface area (Å²) in [6, 6.07) is 23.4. The van der Waals surface area contributed by atoms with E-state index in [4.69, 9.17) is 9.47 Å². The fourth-order valence-corrected chi connectivity index (χ4v) is 3.03. The molecule has 0 fully saturated rings. The maximum absolute atomic E-state index is 6.13. The van der Waals surface area contributed by atoms with Crippen LogP contribution in [0.25, 0.3) is 10.9 Å². The number of nitrogens with one attached hydrogen (secondary N) is 1. The number of para-hydroxylation sites is 1. The maximum atomic E-state index is 6.13. The summed E-state index contributed by atoms with van der Waals surface area (Å²) < 4.78 is 14.2. The van der Waals surface area contributed by atoms with Crippen LogP contribution in [0.3, 0.4) is 0 Å². The van der Waals surface area contributed by atoms with Crippen LogP contribution in [0, 0.1) is 0 Å². The third kappa shape index (κ3) is 3.57. The van der Waals surface area contributed by atoms with E-state index in [9.17, 15) is 0 Å². The number of hydrogen-bond acceptors (Lipinski definition) is 2. The molecule has 0 aliphatic carbocycles. The second-order valence-electron chi connectivity index (χ2n) is 5.44. The number of benzene rings is 3. The summed E-state index contributed by atoms with van der Waals surface area (Å²) in [4.78, 5) is 3.29. The average Bonchev–Trinajstić information content (AvgIpc) is 2.96. The molecule has 3 nitrogen and oxygen atoms in total. The zero-order valence-electron chi connectivity index (χ0n) is 13.0. The quantitative estimate of drug-likeness (QED) is 0.348. The minimum Gasteiger partial charge on any atom is -0.451 e. The number of rotatable bonds is 4. The van der Waals surface area contributed by atoms with Gasteiger partial charge in [-0.1, -0.05) is 44.0 Å². The van der Waals surface area contributed by atoms with Crippen molar-refractivity contribution in [3.05, 3.63) is 81.7 Å². The molecule has 0 aliphatic heterocycles. The topological polar surface area (TPSA) is 34.2 Å². The van der Waals surface area contributed by atoms with E-state index in [0.717, 1.165) is 31.3 Å². The van der Waals surface area contributed by atoms with Gasteiger partial charge in [0.05, 0.1) is 5.52 Å². The van der Waals surface area contributed by atoms with Gasteiger partial charge < -0.3 is 14.5 Å². The summed E-state index contributed by atoms with van der Waals surface area (Å²) in [5, 5.41) is 0.970. The first-order valence-electron chi connectivity index (χ1n) is 7.66. The van der Waals surface area contributed by atoms with Gasteiger partial charge in [0.25, 0.3) is 0 Å². The molecule has 5 heteroatoms. The molecule has 1 N–H and O–H groups in total. The maximum Gasteiger partial charge on any atom is 0.241 e. The third-order valence-corrected chi connectivity index (χ3v) is 4.75. The highest BCUT2D eigenvalue weighted by molar-refractivity contribution is 9.10. The summed E-state index contributed by atoms with van der Waals surface area (Å²) in [7, 11) is 0. The zero-order valence-corrected chi connectivity index (χ0v) is 16.2. The summed E-state index contributed by atoms with van der Waals surface area (Å²) in [6.07, 6.45) is 0. The van der Waals surface area contributed by atoms with Gasteiger partial charge in [0.1, 0.15) is 11.5 Å². The van der Waals surface area contributed by atoms with E-state index < -0.39 is 0 Å². The molecule has 0 unspecified atom stereocenters. The van der Waals surface area contributed by atoms with E-state index in [0.29, 0.717) is 11.6 Å². The molecule has 0 atom stereocenters. The molecule has 124 valence electrons. The van der Waals surface area contributed by atoms with Crippen LogP contribution in [0.2, 0.25) is 0 Å². The van der Waals surface area contributed by atoms with Crippen LogP contribution in [0.5, 0.6) is 23.1 Å². The van der Waals surface area contributed by atoms with Crippen molar-refractivity contribution in [1.29, 1.82) is 0 Å². The second-order valence-corrected chi connectivity index (χ2v) is 7.27. The van der Waals surface area contributed by atoms with Crippen LogP contribution in [0.15, 0.2) is 81.7 Å². The second kappa shape index (κ2) is 6.94. The first kappa shape index (κ1) is 16.2. The Hall–Kier alpha value is -2.24. The van der Waals surface area contributed by atoms with Gasteiger partial charge in [-0.3, -0.25) is 0 Å². The third-order valence-electron chi connectivity index (χ3n) is 3.69. The van der Waals surface area contributed by atoms with Gasteiger partial charge in [-0.25, -0.2) is 0 Å². The van der Waals surface area contributed by atoms with Crippen molar-refractivity contribution >= 4 is 42.8 Å². The molecule has 4 rings (SSSR count). The Morgan fingerprint density at radius 3 is 1.84 bits per heavy atom. The molecule has 0 saturated carbocycles. The van der Waals surface area contributed by atoms with E-state index in [-0.39, 0.29) is 0 Å². The normalized spacial score (nSPS) is 10.8. The zero-order chi connectivity index (χ0) is 17.2. The predicted octanol–water partition coefficient (Wildman–Crippen LogP) is 7.28. The fraction of sp³-hybridized carbons (Fsp3) is 0. The minimum atomic E-state index is 0.575.